The summed E-state index contributed by atoms with van der Waals surface area (Å²) in [6, 6.07) is 0. The molecule has 0 spiro atoms. The van der Waals surface area contributed by atoms with Crippen molar-refractivity contribution in [3.8, 4) is 0 Å². The van der Waals surface area contributed by atoms with Crippen LogP contribution in [0.5, 0.6) is 0 Å². The molecule has 1 aliphatic rings. The van der Waals surface area contributed by atoms with Crippen LogP contribution < -0.4 is 12.4 Å². The Morgan fingerprint density at radius 3 is 2.12 bits per heavy atom. The average Bonchev–Trinajstić information content (AvgIpc) is 3.06. The van der Waals surface area contributed by atoms with E-state index in [1.54, 1.807) is 11.1 Å². The number of nitrogens with zero attached hydrogens (tertiary/aromatic N) is 2. The van der Waals surface area contributed by atoms with E-state index >= 15 is 0 Å². The van der Waals surface area contributed by atoms with Gasteiger partial charge in [-0.25, -0.2) is 0 Å². The molecule has 4 nitrogen and oxygen atoms in total. The first-order valence-electron chi connectivity index (χ1n) is 9.37. The Morgan fingerprint density at radius 2 is 1.58 bits per heavy atom. The minimum absolute atomic E-state index is 0. The molecule has 0 saturated carbocycles. The van der Waals surface area contributed by atoms with Crippen LogP contribution in [-0.2, 0) is 9.53 Å². The van der Waals surface area contributed by atoms with E-state index in [-0.39, 0.29) is 18.4 Å². The third-order valence-corrected chi connectivity index (χ3v) is 4.09. The van der Waals surface area contributed by atoms with Gasteiger partial charge in [0.2, 0.25) is 6.20 Å². The summed E-state index contributed by atoms with van der Waals surface area (Å²) >= 11 is 0. The zero-order valence-electron chi connectivity index (χ0n) is 15.1. The second kappa shape index (κ2) is 16.7. The molecule has 0 aromatic rings. The summed E-state index contributed by atoms with van der Waals surface area (Å²) in [4.78, 5) is 17.2. The minimum Gasteiger partial charge on any atom is -1.00 e. The predicted molar refractivity (Wildman–Crippen MR) is 95.3 cm³/mol. The van der Waals surface area contributed by atoms with Gasteiger partial charge >= 0.3 is 5.97 Å². The number of ether oxygens (including phenoxy) is 1. The second-order valence-corrected chi connectivity index (χ2v) is 6.23. The average molecular weight is 357 g/mol. The van der Waals surface area contributed by atoms with Crippen molar-refractivity contribution in [2.75, 3.05) is 13.2 Å². The number of unbranched alkanes of at least 4 members (excludes halogenated alkanes) is 10. The van der Waals surface area contributed by atoms with Gasteiger partial charge in [0, 0.05) is 6.42 Å². The fraction of sp³-hybridized carbons (Fsp3) is 0.789. The van der Waals surface area contributed by atoms with E-state index in [1.165, 1.54) is 57.8 Å². The molecule has 0 radical (unpaired) electrons. The minimum atomic E-state index is -0.0824. The molecule has 0 atom stereocenters. The molecule has 1 aliphatic heterocycles. The highest BCUT2D eigenvalue weighted by Crippen LogP contribution is 2.12. The van der Waals surface area contributed by atoms with Crippen molar-refractivity contribution in [3.05, 3.63) is 12.4 Å². The third kappa shape index (κ3) is 13.3. The molecule has 1 heterocycles. The summed E-state index contributed by atoms with van der Waals surface area (Å²) in [7, 11) is 0. The van der Waals surface area contributed by atoms with E-state index in [2.05, 4.69) is 18.3 Å². The van der Waals surface area contributed by atoms with Crippen LogP contribution in [0.15, 0.2) is 17.4 Å². The summed E-state index contributed by atoms with van der Waals surface area (Å²) in [6.07, 6.45) is 21.1. The fourth-order valence-corrected chi connectivity index (χ4v) is 2.64. The molecule has 0 aliphatic carbocycles. The number of carbonyl (C=O) groups excluding carboxylic acids is 1. The van der Waals surface area contributed by atoms with Crippen LogP contribution in [-0.4, -0.2) is 30.4 Å². The largest absolute Gasteiger partial charge is 1.00 e. The molecule has 0 aromatic carbocycles. The highest BCUT2D eigenvalue weighted by molar-refractivity contribution is 5.69. The fourth-order valence-electron chi connectivity index (χ4n) is 2.64. The van der Waals surface area contributed by atoms with Crippen molar-refractivity contribution in [1.29, 1.82) is 0 Å². The molecule has 138 valence electrons. The van der Waals surface area contributed by atoms with Crippen LogP contribution in [0.2, 0.25) is 0 Å². The zero-order valence-corrected chi connectivity index (χ0v) is 15.9. The summed E-state index contributed by atoms with van der Waals surface area (Å²) in [5.41, 5.74) is 0. The van der Waals surface area contributed by atoms with Gasteiger partial charge in [-0.05, 0) is 11.4 Å². The SMILES string of the molecule is CCCCCCCCCCCCCC(=O)OCCN1[C+]=NC=C1.[Cl-]. The lowest BCUT2D eigenvalue weighted by Gasteiger charge is -2.06. The van der Waals surface area contributed by atoms with Gasteiger partial charge < -0.3 is 17.1 Å². The van der Waals surface area contributed by atoms with Crippen LogP contribution in [0.25, 0.3) is 0 Å². The summed E-state index contributed by atoms with van der Waals surface area (Å²) in [6.45, 7) is 3.29. The third-order valence-electron chi connectivity index (χ3n) is 4.09. The number of esters is 1. The van der Waals surface area contributed by atoms with Crippen molar-refractivity contribution >= 4 is 12.3 Å². The van der Waals surface area contributed by atoms with Crippen molar-refractivity contribution in [1.82, 2.24) is 4.90 Å². The van der Waals surface area contributed by atoms with Gasteiger partial charge in [0.1, 0.15) is 6.61 Å². The normalized spacial score (nSPS) is 12.1. The Balaban J connectivity index is 0.00000529. The molecule has 1 rings (SSSR count). The topological polar surface area (TPSA) is 41.9 Å². The smallest absolute Gasteiger partial charge is 0.305 e. The molecule has 5 heteroatoms. The summed E-state index contributed by atoms with van der Waals surface area (Å²) < 4.78 is 5.20. The van der Waals surface area contributed by atoms with Crippen molar-refractivity contribution in [2.45, 2.75) is 84.0 Å². The molecule has 0 amide bonds. The van der Waals surface area contributed by atoms with E-state index in [0.29, 0.717) is 19.6 Å². The highest BCUT2D eigenvalue weighted by Gasteiger charge is 2.11. The van der Waals surface area contributed by atoms with Gasteiger partial charge in [0.15, 0.2) is 6.20 Å². The van der Waals surface area contributed by atoms with Crippen LogP contribution in [0, 0.1) is 0 Å². The Bertz CT molecular complexity index is 347. The Labute approximate surface area is 154 Å². The lowest BCUT2D eigenvalue weighted by atomic mass is 10.1. The zero-order chi connectivity index (χ0) is 16.6. The molecule has 0 unspecified atom stereocenters. The van der Waals surface area contributed by atoms with Crippen LogP contribution in [0.4, 0.5) is 0 Å². The van der Waals surface area contributed by atoms with Gasteiger partial charge in [-0.2, -0.15) is 4.90 Å². The molecule has 0 bridgehead atoms. The maximum Gasteiger partial charge on any atom is 0.305 e. The molecule has 0 N–H and O–H groups in total. The number of halogens is 1. The van der Waals surface area contributed by atoms with Crippen molar-refractivity contribution in [3.63, 3.8) is 0 Å². The molecular weight excluding hydrogens is 324 g/mol. The van der Waals surface area contributed by atoms with E-state index < -0.39 is 0 Å². The quantitative estimate of drug-likeness (QED) is 0.256. The van der Waals surface area contributed by atoms with Gasteiger partial charge in [0.05, 0.1) is 6.54 Å². The van der Waals surface area contributed by atoms with E-state index in [9.17, 15) is 4.79 Å². The lowest BCUT2D eigenvalue weighted by Crippen LogP contribution is -3.00. The maximum absolute atomic E-state index is 11.6. The van der Waals surface area contributed by atoms with Gasteiger partial charge in [-0.15, -0.1) is 0 Å². The van der Waals surface area contributed by atoms with Crippen molar-refractivity contribution < 1.29 is 21.9 Å². The van der Waals surface area contributed by atoms with Crippen molar-refractivity contribution in [2.24, 2.45) is 4.99 Å². The first kappa shape index (κ1) is 22.9. The Kier molecular flexibility index (Phi) is 15.9. The molecule has 0 saturated heterocycles. The van der Waals surface area contributed by atoms with Crippen LogP contribution in [0.1, 0.15) is 84.0 Å². The van der Waals surface area contributed by atoms with E-state index in [0.717, 1.165) is 12.8 Å². The number of aliphatic imine (C=N–C) groups is 1. The predicted octanol–water partition coefficient (Wildman–Crippen LogP) is 1.93. The van der Waals surface area contributed by atoms with E-state index in [1.807, 2.05) is 6.20 Å². The molecular formula is C19H33ClN2O2. The summed E-state index contributed by atoms with van der Waals surface area (Å²) in [5, 5.41) is 0. The first-order valence-corrected chi connectivity index (χ1v) is 9.37. The molecule has 24 heavy (non-hydrogen) atoms. The van der Waals surface area contributed by atoms with Gasteiger partial charge in [-0.3, -0.25) is 4.79 Å². The maximum atomic E-state index is 11.6. The number of rotatable bonds is 15. The number of hydrogen-bond donors (Lipinski definition) is 0. The number of hydrogen-bond acceptors (Lipinski definition) is 4. The standard InChI is InChI=1S/C19H33N2O2.ClH/c1-2-3-4-5-6-7-8-9-10-11-12-13-19(22)23-17-16-21-15-14-20-18-21;/h14-15H,2-13,16-17H2,1H3;1H/q+1;/p-1. The number of carbonyl (C=O) groups is 1. The van der Waals surface area contributed by atoms with Gasteiger partial charge in [-0.1, -0.05) is 71.1 Å². The van der Waals surface area contributed by atoms with Crippen LogP contribution in [0.3, 0.4) is 0 Å². The highest BCUT2D eigenvalue weighted by atomic mass is 35.5. The Hall–Kier alpha value is -1.12. The molecule has 0 fully saturated rings. The molecule has 0 aromatic heterocycles. The summed E-state index contributed by atoms with van der Waals surface area (Å²) in [5.74, 6) is -0.0824. The van der Waals surface area contributed by atoms with Gasteiger partial charge in [0.25, 0.3) is 6.34 Å². The lowest BCUT2D eigenvalue weighted by molar-refractivity contribution is -0.143. The Morgan fingerprint density at radius 1 is 1.00 bits per heavy atom. The van der Waals surface area contributed by atoms with Crippen LogP contribution >= 0.6 is 0 Å². The first-order chi connectivity index (χ1) is 11.3. The van der Waals surface area contributed by atoms with E-state index in [4.69, 9.17) is 4.74 Å². The monoisotopic (exact) mass is 356 g/mol. The second-order valence-electron chi connectivity index (χ2n) is 6.23.